The smallest absolute Gasteiger partial charge is 0.253 e. The quantitative estimate of drug-likeness (QED) is 0.840. The van der Waals surface area contributed by atoms with Gasteiger partial charge in [0.15, 0.2) is 0 Å². The molecule has 0 aliphatic carbocycles. The molecule has 94 valence electrons. The number of halogens is 1. The van der Waals surface area contributed by atoms with Crippen LogP contribution < -0.4 is 5.73 Å². The molecule has 0 fully saturated rings. The van der Waals surface area contributed by atoms with Crippen molar-refractivity contribution in [2.75, 3.05) is 19.3 Å². The molecular formula is C13H19ClN2O. The Morgan fingerprint density at radius 2 is 2.12 bits per heavy atom. The molecule has 0 aliphatic heterocycles. The molecule has 0 bridgehead atoms. The maximum atomic E-state index is 12.0. The summed E-state index contributed by atoms with van der Waals surface area (Å²) >= 11 is 5.89. The lowest BCUT2D eigenvalue weighted by Gasteiger charge is -2.18. The fourth-order valence-corrected chi connectivity index (χ4v) is 1.61. The van der Waals surface area contributed by atoms with Crippen molar-refractivity contribution in [1.82, 2.24) is 4.90 Å². The summed E-state index contributed by atoms with van der Waals surface area (Å²) in [5.74, 6) is 0.563. The molecule has 2 N–H and O–H groups in total. The van der Waals surface area contributed by atoms with Crippen LogP contribution in [0, 0.1) is 5.92 Å². The van der Waals surface area contributed by atoms with E-state index in [4.69, 9.17) is 17.3 Å². The number of hydrogen-bond acceptors (Lipinski definition) is 2. The first-order valence-corrected chi connectivity index (χ1v) is 6.10. The van der Waals surface area contributed by atoms with E-state index in [2.05, 4.69) is 13.8 Å². The summed E-state index contributed by atoms with van der Waals surface area (Å²) in [6.45, 7) is 5.02. The van der Waals surface area contributed by atoms with Crippen LogP contribution in [0.4, 0.5) is 5.69 Å². The number of carbonyl (C=O) groups excluding carboxylic acids is 1. The molecule has 0 radical (unpaired) electrons. The molecule has 1 aromatic rings. The van der Waals surface area contributed by atoms with Crippen LogP contribution in [-0.4, -0.2) is 24.4 Å². The van der Waals surface area contributed by atoms with Gasteiger partial charge < -0.3 is 10.6 Å². The molecule has 0 aliphatic rings. The molecular weight excluding hydrogens is 236 g/mol. The molecule has 0 saturated carbocycles. The minimum Gasteiger partial charge on any atom is -0.398 e. The van der Waals surface area contributed by atoms with Crippen molar-refractivity contribution in [3.63, 3.8) is 0 Å². The largest absolute Gasteiger partial charge is 0.398 e. The van der Waals surface area contributed by atoms with E-state index in [1.165, 1.54) is 0 Å². The minimum atomic E-state index is -0.0208. The van der Waals surface area contributed by atoms with Gasteiger partial charge in [0.05, 0.1) is 10.7 Å². The van der Waals surface area contributed by atoms with Crippen LogP contribution in [-0.2, 0) is 0 Å². The highest BCUT2D eigenvalue weighted by Gasteiger charge is 2.12. The maximum absolute atomic E-state index is 12.0. The van der Waals surface area contributed by atoms with Crippen molar-refractivity contribution in [1.29, 1.82) is 0 Å². The van der Waals surface area contributed by atoms with Crippen LogP contribution in [0.2, 0.25) is 5.02 Å². The Morgan fingerprint density at radius 3 is 2.65 bits per heavy atom. The normalized spacial score (nSPS) is 10.6. The van der Waals surface area contributed by atoms with Crippen LogP contribution in [0.25, 0.3) is 0 Å². The first-order chi connectivity index (χ1) is 7.91. The van der Waals surface area contributed by atoms with Gasteiger partial charge in [-0.3, -0.25) is 4.79 Å². The number of amides is 1. The average molecular weight is 255 g/mol. The van der Waals surface area contributed by atoms with E-state index in [1.54, 1.807) is 30.1 Å². The van der Waals surface area contributed by atoms with Gasteiger partial charge in [0.2, 0.25) is 0 Å². The lowest BCUT2D eigenvalue weighted by Crippen LogP contribution is -2.28. The Labute approximate surface area is 108 Å². The van der Waals surface area contributed by atoms with Crippen molar-refractivity contribution < 1.29 is 4.79 Å². The van der Waals surface area contributed by atoms with E-state index in [1.807, 2.05) is 0 Å². The first-order valence-electron chi connectivity index (χ1n) is 5.72. The molecule has 0 saturated heterocycles. The van der Waals surface area contributed by atoms with Crippen LogP contribution in [0.5, 0.6) is 0 Å². The van der Waals surface area contributed by atoms with E-state index >= 15 is 0 Å². The summed E-state index contributed by atoms with van der Waals surface area (Å²) in [4.78, 5) is 13.8. The van der Waals surface area contributed by atoms with E-state index < -0.39 is 0 Å². The molecule has 0 atom stereocenters. The van der Waals surface area contributed by atoms with Crippen molar-refractivity contribution in [2.24, 2.45) is 5.92 Å². The molecule has 0 aromatic heterocycles. The van der Waals surface area contributed by atoms with Gasteiger partial charge in [0, 0.05) is 19.2 Å². The van der Waals surface area contributed by atoms with Crippen LogP contribution in [0.15, 0.2) is 18.2 Å². The number of hydrogen-bond donors (Lipinski definition) is 1. The first kappa shape index (κ1) is 13.8. The second-order valence-electron chi connectivity index (χ2n) is 4.65. The number of nitrogen functional groups attached to an aromatic ring is 1. The van der Waals surface area contributed by atoms with Crippen LogP contribution in [0.3, 0.4) is 0 Å². The monoisotopic (exact) mass is 254 g/mol. The minimum absolute atomic E-state index is 0.0208. The van der Waals surface area contributed by atoms with Gasteiger partial charge in [0.1, 0.15) is 0 Å². The SMILES string of the molecule is CC(C)CCN(C)C(=O)c1ccc(N)c(Cl)c1. The molecule has 17 heavy (non-hydrogen) atoms. The number of anilines is 1. The second kappa shape index (κ2) is 5.92. The zero-order valence-electron chi connectivity index (χ0n) is 10.5. The van der Waals surface area contributed by atoms with Crippen LogP contribution >= 0.6 is 11.6 Å². The number of nitrogens with two attached hydrogens (primary N) is 1. The highest BCUT2D eigenvalue weighted by atomic mass is 35.5. The third-order valence-electron chi connectivity index (χ3n) is 2.64. The summed E-state index contributed by atoms with van der Waals surface area (Å²) in [7, 11) is 1.80. The van der Waals surface area contributed by atoms with Gasteiger partial charge in [-0.2, -0.15) is 0 Å². The van der Waals surface area contributed by atoms with Crippen molar-refractivity contribution >= 4 is 23.2 Å². The molecule has 0 unspecified atom stereocenters. The zero-order valence-corrected chi connectivity index (χ0v) is 11.3. The molecule has 1 amide bonds. The average Bonchev–Trinajstić information content (AvgIpc) is 2.28. The predicted molar refractivity (Wildman–Crippen MR) is 72.3 cm³/mol. The molecule has 0 heterocycles. The third kappa shape index (κ3) is 3.93. The van der Waals surface area contributed by atoms with Gasteiger partial charge in [0.25, 0.3) is 5.91 Å². The highest BCUT2D eigenvalue weighted by molar-refractivity contribution is 6.33. The van der Waals surface area contributed by atoms with Crippen LogP contribution in [0.1, 0.15) is 30.6 Å². The van der Waals surface area contributed by atoms with Gasteiger partial charge in [-0.25, -0.2) is 0 Å². The molecule has 0 spiro atoms. The topological polar surface area (TPSA) is 46.3 Å². The third-order valence-corrected chi connectivity index (χ3v) is 2.96. The summed E-state index contributed by atoms with van der Waals surface area (Å²) in [5, 5.41) is 0.424. The Kier molecular flexibility index (Phi) is 4.82. The second-order valence-corrected chi connectivity index (χ2v) is 5.05. The molecule has 4 heteroatoms. The summed E-state index contributed by atoms with van der Waals surface area (Å²) in [6.07, 6.45) is 0.991. The van der Waals surface area contributed by atoms with Crippen molar-refractivity contribution in [3.8, 4) is 0 Å². The van der Waals surface area contributed by atoms with Crippen molar-refractivity contribution in [3.05, 3.63) is 28.8 Å². The predicted octanol–water partition coefficient (Wildman–Crippen LogP) is 3.04. The molecule has 1 rings (SSSR count). The lowest BCUT2D eigenvalue weighted by molar-refractivity contribution is 0.0789. The molecule has 1 aromatic carbocycles. The van der Waals surface area contributed by atoms with E-state index in [0.29, 0.717) is 22.2 Å². The fraction of sp³-hybridized carbons (Fsp3) is 0.462. The van der Waals surface area contributed by atoms with Gasteiger partial charge in [-0.05, 0) is 30.5 Å². The maximum Gasteiger partial charge on any atom is 0.253 e. The Hall–Kier alpha value is -1.22. The van der Waals surface area contributed by atoms with Crippen molar-refractivity contribution in [2.45, 2.75) is 20.3 Å². The molecule has 3 nitrogen and oxygen atoms in total. The number of nitrogens with zero attached hydrogens (tertiary/aromatic N) is 1. The number of carbonyl (C=O) groups is 1. The Balaban J connectivity index is 2.71. The number of rotatable bonds is 4. The zero-order chi connectivity index (χ0) is 13.0. The van der Waals surface area contributed by atoms with E-state index in [0.717, 1.165) is 13.0 Å². The Bertz CT molecular complexity index is 404. The number of benzene rings is 1. The Morgan fingerprint density at radius 1 is 1.47 bits per heavy atom. The summed E-state index contributed by atoms with van der Waals surface area (Å²) in [6, 6.07) is 4.98. The van der Waals surface area contributed by atoms with Gasteiger partial charge >= 0.3 is 0 Å². The van der Waals surface area contributed by atoms with Gasteiger partial charge in [-0.15, -0.1) is 0 Å². The fourth-order valence-electron chi connectivity index (χ4n) is 1.43. The summed E-state index contributed by atoms with van der Waals surface area (Å²) < 4.78 is 0. The lowest BCUT2D eigenvalue weighted by atomic mass is 10.1. The highest BCUT2D eigenvalue weighted by Crippen LogP contribution is 2.20. The van der Waals surface area contributed by atoms with Gasteiger partial charge in [-0.1, -0.05) is 25.4 Å². The van der Waals surface area contributed by atoms with E-state index in [-0.39, 0.29) is 5.91 Å². The van der Waals surface area contributed by atoms with E-state index in [9.17, 15) is 4.79 Å². The standard InChI is InChI=1S/C13H19ClN2O/c1-9(2)6-7-16(3)13(17)10-4-5-12(15)11(14)8-10/h4-5,8-9H,6-7,15H2,1-3H3. The summed E-state index contributed by atoms with van der Waals surface area (Å²) in [5.41, 5.74) is 6.68.